The van der Waals surface area contributed by atoms with Crippen LogP contribution in [-0.2, 0) is 19.6 Å². The predicted octanol–water partition coefficient (Wildman–Crippen LogP) is -3.22. The Kier molecular flexibility index (Phi) is 14.9. The molecule has 0 aromatic heterocycles. The van der Waals surface area contributed by atoms with Gasteiger partial charge in [-0.2, -0.15) is 0 Å². The molecule has 0 amide bonds. The summed E-state index contributed by atoms with van der Waals surface area (Å²) in [5.41, 5.74) is 0.350. The summed E-state index contributed by atoms with van der Waals surface area (Å²) < 4.78 is 32.4. The van der Waals surface area contributed by atoms with Gasteiger partial charge in [-0.1, -0.05) is 13.2 Å². The van der Waals surface area contributed by atoms with E-state index in [4.69, 9.17) is 5.11 Å². The molecule has 0 radical (unpaired) electrons. The van der Waals surface area contributed by atoms with E-state index < -0.39 is 16.1 Å². The molecule has 16 heavy (non-hydrogen) atoms. The van der Waals surface area contributed by atoms with E-state index in [1.54, 1.807) is 6.92 Å². The van der Waals surface area contributed by atoms with Crippen molar-refractivity contribution in [3.8, 4) is 0 Å². The van der Waals surface area contributed by atoms with Crippen molar-refractivity contribution in [1.82, 2.24) is 0 Å². The Morgan fingerprint density at radius 3 is 2.12 bits per heavy atom. The minimum atomic E-state index is -4.15. The Bertz CT molecular complexity index is 310. The molecular formula is C8H13NaO6S. The van der Waals surface area contributed by atoms with Gasteiger partial charge < -0.3 is 14.4 Å². The average molecular weight is 260 g/mol. The second-order valence-electron chi connectivity index (χ2n) is 2.30. The third kappa shape index (κ3) is 19.4. The maximum Gasteiger partial charge on any atom is 1.00 e. The molecule has 0 unspecified atom stereocenters. The van der Waals surface area contributed by atoms with Crippen molar-refractivity contribution in [1.29, 1.82) is 0 Å². The van der Waals surface area contributed by atoms with Gasteiger partial charge in [0.2, 0.25) is 0 Å². The van der Waals surface area contributed by atoms with Crippen molar-refractivity contribution in [3.05, 3.63) is 24.1 Å². The first kappa shape index (κ1) is 21.1. The Hall–Kier alpha value is -0.180. The largest absolute Gasteiger partial charge is 1.00 e. The van der Waals surface area contributed by atoms with Crippen molar-refractivity contribution in [2.75, 3.05) is 13.2 Å². The molecule has 0 aliphatic rings. The van der Waals surface area contributed by atoms with E-state index in [1.165, 1.54) is 0 Å². The van der Waals surface area contributed by atoms with E-state index in [1.807, 2.05) is 0 Å². The van der Waals surface area contributed by atoms with Crippen LogP contribution in [0.5, 0.6) is 0 Å². The Labute approximate surface area is 117 Å². The molecule has 0 aliphatic heterocycles. The second-order valence-corrected chi connectivity index (χ2v) is 3.62. The van der Waals surface area contributed by atoms with Crippen LogP contribution in [0.3, 0.4) is 0 Å². The van der Waals surface area contributed by atoms with Crippen molar-refractivity contribution in [2.45, 2.75) is 6.92 Å². The molecule has 8 heteroatoms. The second kappa shape index (κ2) is 11.3. The van der Waals surface area contributed by atoms with Gasteiger partial charge in [0, 0.05) is 11.0 Å². The zero-order valence-electron chi connectivity index (χ0n) is 9.30. The van der Waals surface area contributed by atoms with E-state index in [0.29, 0.717) is 11.0 Å². The summed E-state index contributed by atoms with van der Waals surface area (Å²) in [5.74, 6) is -0.455. The number of rotatable bonds is 4. The quantitative estimate of drug-likeness (QED) is 0.247. The number of hydrogen-bond acceptors (Lipinski definition) is 6. The van der Waals surface area contributed by atoms with Gasteiger partial charge in [-0.3, -0.25) is 0 Å². The first-order valence-corrected chi connectivity index (χ1v) is 5.23. The van der Waals surface area contributed by atoms with E-state index in [0.717, 1.165) is 0 Å². The van der Waals surface area contributed by atoms with E-state index in [2.05, 4.69) is 17.9 Å². The Morgan fingerprint density at radius 1 is 1.56 bits per heavy atom. The summed E-state index contributed by atoms with van der Waals surface area (Å²) in [6, 6.07) is 0. The van der Waals surface area contributed by atoms with Crippen molar-refractivity contribution >= 4 is 16.1 Å². The van der Waals surface area contributed by atoms with Crippen molar-refractivity contribution in [3.63, 3.8) is 0 Å². The number of esters is 1. The van der Waals surface area contributed by atoms with Gasteiger partial charge in [-0.05, 0) is 6.92 Å². The molecule has 88 valence electrons. The van der Waals surface area contributed by atoms with E-state index >= 15 is 0 Å². The van der Waals surface area contributed by atoms with Gasteiger partial charge in [0.25, 0.3) is 0 Å². The Morgan fingerprint density at radius 2 is 1.94 bits per heavy atom. The Balaban J connectivity index is -0.000000214. The van der Waals surface area contributed by atoms with Gasteiger partial charge in [-0.15, -0.1) is 0 Å². The van der Waals surface area contributed by atoms with Gasteiger partial charge in [0.05, 0.1) is 6.61 Å². The molecule has 0 aromatic carbocycles. The van der Waals surface area contributed by atoms with Gasteiger partial charge in [0.15, 0.2) is 0 Å². The number of ether oxygens (including phenoxy) is 1. The molecule has 0 fully saturated rings. The van der Waals surface area contributed by atoms with Crippen molar-refractivity contribution in [2.24, 2.45) is 0 Å². The number of aliphatic hydroxyl groups is 1. The normalized spacial score (nSPS) is 8.94. The van der Waals surface area contributed by atoms with Crippen LogP contribution in [-0.4, -0.2) is 37.3 Å². The molecule has 6 nitrogen and oxygen atoms in total. The minimum Gasteiger partial charge on any atom is -0.745 e. The third-order valence-electron chi connectivity index (χ3n) is 0.877. The molecule has 0 heterocycles. The SMILES string of the molecule is C=C(C)C(=O)OCCO.C=CS(=O)(=O)[O-].[Na+]. The molecule has 0 bridgehead atoms. The molecule has 0 saturated carbocycles. The van der Waals surface area contributed by atoms with Crippen LogP contribution >= 0.6 is 0 Å². The number of carbonyl (C=O) groups is 1. The number of aliphatic hydroxyl groups excluding tert-OH is 1. The summed E-state index contributed by atoms with van der Waals surface area (Å²) in [6.07, 6.45) is 0. The summed E-state index contributed by atoms with van der Waals surface area (Å²) in [5, 5.41) is 8.54. The van der Waals surface area contributed by atoms with Crippen LogP contribution in [0.15, 0.2) is 24.1 Å². The summed E-state index contributed by atoms with van der Waals surface area (Å²) in [7, 11) is -4.15. The fraction of sp³-hybridized carbons (Fsp3) is 0.375. The van der Waals surface area contributed by atoms with Gasteiger partial charge in [-0.25, -0.2) is 13.2 Å². The van der Waals surface area contributed by atoms with Crippen molar-refractivity contribution < 1.29 is 57.2 Å². The van der Waals surface area contributed by atoms with Crippen LogP contribution in [0, 0.1) is 0 Å². The van der Waals surface area contributed by atoms with E-state index in [-0.39, 0.29) is 42.8 Å². The monoisotopic (exact) mass is 260 g/mol. The fourth-order valence-corrected chi connectivity index (χ4v) is 0.262. The summed E-state index contributed by atoms with van der Waals surface area (Å²) >= 11 is 0. The minimum absolute atomic E-state index is 0. The standard InChI is InChI=1S/C6H10O3.C2H4O3S.Na/c1-5(2)6(8)9-4-3-7;1-2-6(3,4)5;/h7H,1,3-4H2,2H3;2H,1H2,(H,3,4,5);/q;;+1/p-1. The van der Waals surface area contributed by atoms with Crippen LogP contribution in [0.2, 0.25) is 0 Å². The molecule has 1 N–H and O–H groups in total. The van der Waals surface area contributed by atoms with Crippen LogP contribution in [0.25, 0.3) is 0 Å². The molecule has 0 aliphatic carbocycles. The molecule has 0 aromatic rings. The number of carbonyl (C=O) groups excluding carboxylic acids is 1. The zero-order chi connectivity index (χ0) is 12.5. The first-order chi connectivity index (χ1) is 6.74. The molecule has 0 saturated heterocycles. The number of hydrogen-bond donors (Lipinski definition) is 1. The third-order valence-corrected chi connectivity index (χ3v) is 1.29. The smallest absolute Gasteiger partial charge is 0.745 e. The maximum absolute atomic E-state index is 10.5. The predicted molar refractivity (Wildman–Crippen MR) is 52.8 cm³/mol. The molecule has 0 atom stereocenters. The van der Waals surface area contributed by atoms with Gasteiger partial charge in [0.1, 0.15) is 16.7 Å². The maximum atomic E-state index is 10.5. The van der Waals surface area contributed by atoms with Crippen LogP contribution < -0.4 is 29.6 Å². The first-order valence-electron chi connectivity index (χ1n) is 3.76. The fourth-order valence-electron chi connectivity index (χ4n) is 0.262. The summed E-state index contributed by atoms with van der Waals surface area (Å²) in [6.45, 7) is 7.55. The topological polar surface area (TPSA) is 104 Å². The van der Waals surface area contributed by atoms with Crippen LogP contribution in [0.1, 0.15) is 6.92 Å². The zero-order valence-corrected chi connectivity index (χ0v) is 12.1. The summed E-state index contributed by atoms with van der Waals surface area (Å²) in [4.78, 5) is 10.5. The van der Waals surface area contributed by atoms with E-state index in [9.17, 15) is 17.8 Å². The molecule has 0 spiro atoms. The molecule has 0 rings (SSSR count). The van der Waals surface area contributed by atoms with Crippen LogP contribution in [0.4, 0.5) is 0 Å². The van der Waals surface area contributed by atoms with Gasteiger partial charge >= 0.3 is 35.5 Å². The average Bonchev–Trinajstić information content (AvgIpc) is 2.13. The molecular weight excluding hydrogens is 247 g/mol.